The lowest BCUT2D eigenvalue weighted by Crippen LogP contribution is -2.27. The third-order valence-electron chi connectivity index (χ3n) is 3.80. The number of rotatable bonds is 3. The predicted octanol–water partition coefficient (Wildman–Crippen LogP) is 4.58. The highest BCUT2D eigenvalue weighted by atomic mass is 79.9. The summed E-state index contributed by atoms with van der Waals surface area (Å²) in [6.07, 6.45) is 1.86. The molecule has 1 amide bonds. The van der Waals surface area contributed by atoms with E-state index in [1.54, 1.807) is 4.90 Å². The molecule has 25 heavy (non-hydrogen) atoms. The first kappa shape index (κ1) is 16.6. The van der Waals surface area contributed by atoms with Crippen LogP contribution in [0.1, 0.15) is 11.1 Å². The number of hydrogen-bond donors (Lipinski definition) is 0. The van der Waals surface area contributed by atoms with Gasteiger partial charge in [0, 0.05) is 4.47 Å². The van der Waals surface area contributed by atoms with Crippen LogP contribution >= 0.6 is 39.9 Å². The van der Waals surface area contributed by atoms with Gasteiger partial charge in [0.1, 0.15) is 4.32 Å². The molecule has 2 heterocycles. The van der Waals surface area contributed by atoms with Crippen molar-refractivity contribution in [3.8, 4) is 11.5 Å². The molecule has 2 aromatic rings. The van der Waals surface area contributed by atoms with Gasteiger partial charge in [0.15, 0.2) is 11.5 Å². The zero-order chi connectivity index (χ0) is 17.4. The highest BCUT2D eigenvalue weighted by Crippen LogP contribution is 2.36. The molecule has 0 N–H and O–H groups in total. The fourth-order valence-corrected chi connectivity index (χ4v) is 4.28. The van der Waals surface area contributed by atoms with Gasteiger partial charge >= 0.3 is 0 Å². The number of hydrogen-bond acceptors (Lipinski definition) is 5. The first-order chi connectivity index (χ1) is 12.1. The van der Waals surface area contributed by atoms with Crippen LogP contribution in [0.15, 0.2) is 51.8 Å². The number of amides is 1. The van der Waals surface area contributed by atoms with Crippen molar-refractivity contribution in [1.29, 1.82) is 0 Å². The quantitative estimate of drug-likeness (QED) is 0.523. The zero-order valence-electron chi connectivity index (χ0n) is 12.9. The standard InChI is InChI=1S/C18H12BrNO3S2/c19-13-3-1-2-11(6-13)8-16-17(21)20(18(24)25-16)9-12-4-5-14-15(7-12)23-10-22-14/h1-8H,9-10H2/b16-8-. The predicted molar refractivity (Wildman–Crippen MR) is 105 cm³/mol. The Morgan fingerprint density at radius 3 is 2.88 bits per heavy atom. The van der Waals surface area contributed by atoms with Crippen LogP contribution in [0.4, 0.5) is 0 Å². The van der Waals surface area contributed by atoms with Crippen molar-refractivity contribution in [3.05, 3.63) is 63.0 Å². The van der Waals surface area contributed by atoms with E-state index in [-0.39, 0.29) is 12.7 Å². The van der Waals surface area contributed by atoms with Crippen molar-refractivity contribution < 1.29 is 14.3 Å². The molecule has 1 saturated heterocycles. The van der Waals surface area contributed by atoms with Gasteiger partial charge in [0.05, 0.1) is 11.4 Å². The molecular weight excluding hydrogens is 422 g/mol. The third kappa shape index (κ3) is 3.44. The number of thioether (sulfide) groups is 1. The Morgan fingerprint density at radius 1 is 1.20 bits per heavy atom. The van der Waals surface area contributed by atoms with E-state index in [0.717, 1.165) is 21.3 Å². The molecule has 126 valence electrons. The van der Waals surface area contributed by atoms with Gasteiger partial charge in [-0.2, -0.15) is 0 Å². The molecule has 4 nitrogen and oxygen atoms in total. The Hall–Kier alpha value is -1.83. The molecule has 7 heteroatoms. The number of benzene rings is 2. The Labute approximate surface area is 162 Å². The van der Waals surface area contributed by atoms with Crippen molar-refractivity contribution in [1.82, 2.24) is 4.90 Å². The summed E-state index contributed by atoms with van der Waals surface area (Å²) in [5.74, 6) is 1.35. The minimum atomic E-state index is -0.0763. The topological polar surface area (TPSA) is 38.8 Å². The summed E-state index contributed by atoms with van der Waals surface area (Å²) in [4.78, 5) is 15.0. The van der Waals surface area contributed by atoms with Crippen LogP contribution in [0.25, 0.3) is 6.08 Å². The maximum absolute atomic E-state index is 12.7. The smallest absolute Gasteiger partial charge is 0.266 e. The number of thiocarbonyl (C=S) groups is 1. The van der Waals surface area contributed by atoms with E-state index in [1.165, 1.54) is 11.8 Å². The van der Waals surface area contributed by atoms with E-state index >= 15 is 0 Å². The Balaban J connectivity index is 1.55. The summed E-state index contributed by atoms with van der Waals surface area (Å²) >= 11 is 10.2. The molecule has 4 rings (SSSR count). The highest BCUT2D eigenvalue weighted by molar-refractivity contribution is 9.10. The Bertz CT molecular complexity index is 913. The van der Waals surface area contributed by atoms with E-state index in [1.807, 2.05) is 48.5 Å². The van der Waals surface area contributed by atoms with Gasteiger partial charge < -0.3 is 9.47 Å². The lowest BCUT2D eigenvalue weighted by Gasteiger charge is -2.14. The maximum atomic E-state index is 12.7. The first-order valence-electron chi connectivity index (χ1n) is 7.49. The van der Waals surface area contributed by atoms with Gasteiger partial charge in [-0.25, -0.2) is 0 Å². The van der Waals surface area contributed by atoms with Crippen LogP contribution in [0.5, 0.6) is 11.5 Å². The fraction of sp³-hybridized carbons (Fsp3) is 0.111. The van der Waals surface area contributed by atoms with E-state index < -0.39 is 0 Å². The third-order valence-corrected chi connectivity index (χ3v) is 5.67. The molecule has 0 atom stereocenters. The maximum Gasteiger partial charge on any atom is 0.266 e. The van der Waals surface area contributed by atoms with Crippen LogP contribution in [0, 0.1) is 0 Å². The zero-order valence-corrected chi connectivity index (χ0v) is 16.1. The molecule has 2 aliphatic rings. The first-order valence-corrected chi connectivity index (χ1v) is 9.51. The Morgan fingerprint density at radius 2 is 2.04 bits per heavy atom. The largest absolute Gasteiger partial charge is 0.454 e. The van der Waals surface area contributed by atoms with Gasteiger partial charge in [0.25, 0.3) is 5.91 Å². The molecule has 0 bridgehead atoms. The van der Waals surface area contributed by atoms with Crippen LogP contribution in [0.3, 0.4) is 0 Å². The summed E-state index contributed by atoms with van der Waals surface area (Å²) in [5, 5.41) is 0. The van der Waals surface area contributed by atoms with Crippen LogP contribution in [0.2, 0.25) is 0 Å². The number of carbonyl (C=O) groups is 1. The minimum absolute atomic E-state index is 0.0763. The molecule has 0 saturated carbocycles. The minimum Gasteiger partial charge on any atom is -0.454 e. The van der Waals surface area contributed by atoms with Gasteiger partial charge in [-0.3, -0.25) is 9.69 Å². The van der Waals surface area contributed by atoms with Crippen molar-refractivity contribution in [2.45, 2.75) is 6.54 Å². The van der Waals surface area contributed by atoms with Crippen LogP contribution < -0.4 is 9.47 Å². The number of halogens is 1. The Kier molecular flexibility index (Phi) is 4.54. The molecule has 0 radical (unpaired) electrons. The number of carbonyl (C=O) groups excluding carboxylic acids is 1. The van der Waals surface area contributed by atoms with E-state index in [9.17, 15) is 4.79 Å². The summed E-state index contributed by atoms with van der Waals surface area (Å²) in [5.41, 5.74) is 1.90. The van der Waals surface area contributed by atoms with Crippen LogP contribution in [-0.2, 0) is 11.3 Å². The van der Waals surface area contributed by atoms with Crippen molar-refractivity contribution in [2.75, 3.05) is 6.79 Å². The molecular formula is C18H12BrNO3S2. The SMILES string of the molecule is O=C1/C(=C/c2cccc(Br)c2)SC(=S)N1Cc1ccc2c(c1)OCO2. The van der Waals surface area contributed by atoms with Crippen molar-refractivity contribution in [2.24, 2.45) is 0 Å². The van der Waals surface area contributed by atoms with Gasteiger partial charge in [0.2, 0.25) is 6.79 Å². The monoisotopic (exact) mass is 433 g/mol. The molecule has 0 aromatic heterocycles. The number of fused-ring (bicyclic) bond motifs is 1. The number of ether oxygens (including phenoxy) is 2. The van der Waals surface area contributed by atoms with E-state index in [2.05, 4.69) is 15.9 Å². The molecule has 2 aromatic carbocycles. The average Bonchev–Trinajstić information content (AvgIpc) is 3.15. The molecule has 2 aliphatic heterocycles. The van der Waals surface area contributed by atoms with Crippen molar-refractivity contribution in [3.63, 3.8) is 0 Å². The summed E-state index contributed by atoms with van der Waals surface area (Å²) in [6, 6.07) is 13.5. The van der Waals surface area contributed by atoms with E-state index in [0.29, 0.717) is 21.5 Å². The molecule has 0 aliphatic carbocycles. The summed E-state index contributed by atoms with van der Waals surface area (Å²) < 4.78 is 12.2. The lowest BCUT2D eigenvalue weighted by molar-refractivity contribution is -0.122. The van der Waals surface area contributed by atoms with E-state index in [4.69, 9.17) is 21.7 Å². The summed E-state index contributed by atoms with van der Waals surface area (Å²) in [6.45, 7) is 0.645. The highest BCUT2D eigenvalue weighted by Gasteiger charge is 2.32. The lowest BCUT2D eigenvalue weighted by atomic mass is 10.2. The molecule has 0 spiro atoms. The fourth-order valence-electron chi connectivity index (χ4n) is 2.61. The van der Waals surface area contributed by atoms with Crippen LogP contribution in [-0.4, -0.2) is 21.9 Å². The van der Waals surface area contributed by atoms with Gasteiger partial charge in [-0.05, 0) is 41.5 Å². The number of nitrogens with zero attached hydrogens (tertiary/aromatic N) is 1. The normalized spacial score (nSPS) is 17.6. The van der Waals surface area contributed by atoms with Crippen molar-refractivity contribution >= 4 is 56.2 Å². The molecule has 0 unspecified atom stereocenters. The average molecular weight is 434 g/mol. The van der Waals surface area contributed by atoms with Gasteiger partial charge in [-0.15, -0.1) is 0 Å². The second-order valence-corrected chi connectivity index (χ2v) is 8.10. The second-order valence-electron chi connectivity index (χ2n) is 5.51. The summed E-state index contributed by atoms with van der Waals surface area (Å²) in [7, 11) is 0. The second kappa shape index (κ2) is 6.82. The van der Waals surface area contributed by atoms with Gasteiger partial charge in [-0.1, -0.05) is 58.1 Å². The molecule has 1 fully saturated rings.